The summed E-state index contributed by atoms with van der Waals surface area (Å²) in [5.41, 5.74) is 2.70. The van der Waals surface area contributed by atoms with E-state index in [-0.39, 0.29) is 59.4 Å². The first kappa shape index (κ1) is 43.1. The highest BCUT2D eigenvalue weighted by atomic mass is 16.8. The molecule has 0 bridgehead atoms. The number of hydroxylamine groups is 2. The minimum absolute atomic E-state index is 0.0275. The number of aromatic hydroxyl groups is 1. The SMILES string of the molecule is CC[C@H](O)[C@]1(O)[C@H](O[NH+]2CC3=CC=NC3=C2c2cc(C)cc(C)c2)[C@@H](Oc2ccc3c(=O)c(-c4ccc(O)cc4)coc3c2)O[C@@H](COC(=O)[C@H](NCCC=O)C(=O)O)[C@@H]1O. The summed E-state index contributed by atoms with van der Waals surface area (Å²) in [6.45, 7) is 4.74. The fourth-order valence-corrected chi connectivity index (χ4v) is 7.84. The van der Waals surface area contributed by atoms with Crippen molar-refractivity contribution in [3.63, 3.8) is 0 Å². The summed E-state index contributed by atoms with van der Waals surface area (Å²) in [4.78, 5) is 60.6. The number of carboxylic acid groups (broad SMARTS) is 1. The normalized spacial score (nSPS) is 24.3. The number of nitrogens with zero attached hydrogens (tertiary/aromatic N) is 1. The van der Waals surface area contributed by atoms with Crippen molar-refractivity contribution in [2.75, 3.05) is 19.7 Å². The van der Waals surface area contributed by atoms with E-state index in [0.717, 1.165) is 22.3 Å². The molecule has 7 N–H and O–H groups in total. The van der Waals surface area contributed by atoms with Crippen molar-refractivity contribution in [3.05, 3.63) is 111 Å². The van der Waals surface area contributed by atoms with Gasteiger partial charge in [0.05, 0.1) is 17.1 Å². The molecule has 0 aliphatic carbocycles. The van der Waals surface area contributed by atoms with Crippen molar-refractivity contribution in [1.82, 2.24) is 5.32 Å². The zero-order valence-corrected chi connectivity index (χ0v) is 33.4. The summed E-state index contributed by atoms with van der Waals surface area (Å²) in [5, 5.41) is 58.5. The Labute approximate surface area is 348 Å². The van der Waals surface area contributed by atoms with Crippen molar-refractivity contribution in [2.45, 2.75) is 76.0 Å². The first-order valence-electron chi connectivity index (χ1n) is 19.6. The number of aliphatic imine (C=N–C) groups is 1. The van der Waals surface area contributed by atoms with E-state index in [1.54, 1.807) is 25.3 Å². The van der Waals surface area contributed by atoms with Gasteiger partial charge in [0.15, 0.2) is 16.7 Å². The number of phenolic OH excluding ortho intramolecular Hbond substituents is 1. The van der Waals surface area contributed by atoms with Gasteiger partial charge in [0.2, 0.25) is 18.4 Å². The minimum Gasteiger partial charge on any atom is -0.508 e. The highest BCUT2D eigenvalue weighted by Gasteiger charge is 2.63. The molecular formula is C44H46N3O14+. The number of esters is 1. The predicted octanol–water partition coefficient (Wildman–Crippen LogP) is 1.50. The Morgan fingerprint density at radius 1 is 1.08 bits per heavy atom. The zero-order valence-electron chi connectivity index (χ0n) is 33.4. The molecule has 0 saturated carbocycles. The van der Waals surface area contributed by atoms with Gasteiger partial charge in [0.1, 0.15) is 60.7 Å². The fraction of sp³-hybridized carbons (Fsp3) is 0.341. The second-order valence-electron chi connectivity index (χ2n) is 15.1. The van der Waals surface area contributed by atoms with Crippen LogP contribution in [0.25, 0.3) is 27.8 Å². The summed E-state index contributed by atoms with van der Waals surface area (Å²) in [6.07, 6.45) is -3.58. The predicted molar refractivity (Wildman–Crippen MR) is 217 cm³/mol. The number of carbonyl (C=O) groups excluding carboxylic acids is 2. The molecule has 8 atom stereocenters. The lowest BCUT2D eigenvalue weighted by Crippen LogP contribution is -3.09. The number of fused-ring (bicyclic) bond motifs is 2. The number of phenols is 1. The molecule has 3 aliphatic rings. The van der Waals surface area contributed by atoms with E-state index in [1.807, 2.05) is 38.1 Å². The molecule has 17 heteroatoms. The Morgan fingerprint density at radius 3 is 2.51 bits per heavy atom. The summed E-state index contributed by atoms with van der Waals surface area (Å²) >= 11 is 0. The molecule has 4 aromatic rings. The molecule has 7 rings (SSSR count). The maximum absolute atomic E-state index is 13.6. The molecular weight excluding hydrogens is 794 g/mol. The number of aliphatic carboxylic acids is 1. The smallest absolute Gasteiger partial charge is 0.334 e. The molecule has 1 aromatic heterocycles. The Balaban J connectivity index is 1.26. The number of aliphatic hydroxyl groups is 3. The number of rotatable bonds is 16. The largest absolute Gasteiger partial charge is 0.508 e. The molecule has 0 amide bonds. The van der Waals surface area contributed by atoms with E-state index in [1.165, 1.54) is 36.6 Å². The molecule has 1 fully saturated rings. The number of carbonyl (C=O) groups is 3. The Morgan fingerprint density at radius 2 is 1.82 bits per heavy atom. The number of hydrogen-bond donors (Lipinski definition) is 7. The molecule has 1 unspecified atom stereocenters. The summed E-state index contributed by atoms with van der Waals surface area (Å²) in [6, 6.07) is 14.4. The van der Waals surface area contributed by atoms with Crippen LogP contribution in [0.2, 0.25) is 0 Å². The van der Waals surface area contributed by atoms with E-state index in [2.05, 4.69) is 10.3 Å². The number of aryl methyl sites for hydroxylation is 2. The number of ether oxygens (including phenoxy) is 3. The number of hydrogen-bond acceptors (Lipinski definition) is 15. The van der Waals surface area contributed by atoms with Gasteiger partial charge in [-0.1, -0.05) is 36.2 Å². The standard InChI is InChI=1S/C44H45N3O14/c1-4-34(50)44(56)39(52)33(22-58-42(55)36(41(53)54)45-13-5-15-48)60-43(40(44)61-47-20-26-12-14-46-35(26)37(47)27-17-23(2)16-24(3)18-27)59-29-10-11-30-32(19-29)57-21-31(38(30)51)25-6-8-28(49)9-7-25/h6-12,14-19,21,33-34,36,39-40,43,45,49-50,52,56H,4-5,13,20,22H2,1-3H3,(H,53,54)/p+1/t33-,34-,36+,39-,40+,43-,44+/m0/s1. The van der Waals surface area contributed by atoms with E-state index in [0.29, 0.717) is 28.3 Å². The summed E-state index contributed by atoms with van der Waals surface area (Å²) in [7, 11) is 0. The van der Waals surface area contributed by atoms with Crippen LogP contribution in [-0.2, 0) is 28.7 Å². The van der Waals surface area contributed by atoms with E-state index < -0.39 is 60.9 Å². The first-order chi connectivity index (χ1) is 29.2. The van der Waals surface area contributed by atoms with Crippen molar-refractivity contribution in [2.24, 2.45) is 4.99 Å². The van der Waals surface area contributed by atoms with Crippen LogP contribution in [0.15, 0.2) is 98.5 Å². The topological polar surface area (TPSA) is 248 Å². The van der Waals surface area contributed by atoms with Crippen LogP contribution in [0.3, 0.4) is 0 Å². The molecule has 3 aromatic carbocycles. The van der Waals surface area contributed by atoms with Gasteiger partial charge in [-0.3, -0.25) is 10.1 Å². The molecule has 61 heavy (non-hydrogen) atoms. The van der Waals surface area contributed by atoms with Crippen LogP contribution < -0.4 is 20.5 Å². The molecule has 4 heterocycles. The number of aldehydes is 1. The van der Waals surface area contributed by atoms with Crippen molar-refractivity contribution < 1.29 is 68.4 Å². The average Bonchev–Trinajstić information content (AvgIpc) is 3.82. The maximum Gasteiger partial charge on any atom is 0.334 e. The van der Waals surface area contributed by atoms with Gasteiger partial charge in [0.25, 0.3) is 0 Å². The number of benzene rings is 3. The van der Waals surface area contributed by atoms with Crippen molar-refractivity contribution in [3.8, 4) is 22.6 Å². The van der Waals surface area contributed by atoms with Crippen LogP contribution in [0, 0.1) is 13.8 Å². The van der Waals surface area contributed by atoms with Gasteiger partial charge >= 0.3 is 11.9 Å². The third-order valence-corrected chi connectivity index (χ3v) is 10.8. The first-order valence-corrected chi connectivity index (χ1v) is 19.6. The lowest BCUT2D eigenvalue weighted by molar-refractivity contribution is -1.04. The highest BCUT2D eigenvalue weighted by Crippen LogP contribution is 2.38. The van der Waals surface area contributed by atoms with E-state index in [4.69, 9.17) is 23.5 Å². The third kappa shape index (κ3) is 8.62. The van der Waals surface area contributed by atoms with Crippen LogP contribution in [-0.4, -0.2) is 112 Å². The number of carboxylic acids is 1. The molecule has 320 valence electrons. The van der Waals surface area contributed by atoms with Gasteiger partial charge in [-0.05, 0) is 68.3 Å². The summed E-state index contributed by atoms with van der Waals surface area (Å²) in [5.74, 6) is -2.78. The van der Waals surface area contributed by atoms with Gasteiger partial charge in [-0.2, -0.15) is 9.90 Å². The van der Waals surface area contributed by atoms with Crippen LogP contribution >= 0.6 is 0 Å². The highest BCUT2D eigenvalue weighted by molar-refractivity contribution is 5.98. The zero-order chi connectivity index (χ0) is 43.6. The van der Waals surface area contributed by atoms with Crippen LogP contribution in [0.4, 0.5) is 0 Å². The Bertz CT molecular complexity index is 2460. The lowest BCUT2D eigenvalue weighted by Gasteiger charge is -2.50. The van der Waals surface area contributed by atoms with Crippen LogP contribution in [0.1, 0.15) is 36.5 Å². The van der Waals surface area contributed by atoms with Crippen LogP contribution in [0.5, 0.6) is 11.5 Å². The minimum atomic E-state index is -2.59. The number of allylic oxidation sites excluding steroid dienone is 1. The second kappa shape index (κ2) is 17.9. The molecule has 0 radical (unpaired) electrons. The quantitative estimate of drug-likeness (QED) is 0.0366. The number of aliphatic hydroxyl groups excluding tert-OH is 2. The Hall–Kier alpha value is -6.05. The van der Waals surface area contributed by atoms with E-state index >= 15 is 0 Å². The van der Waals surface area contributed by atoms with E-state index in [9.17, 15) is 44.7 Å². The van der Waals surface area contributed by atoms with Gasteiger partial charge in [-0.25, -0.2) is 14.6 Å². The number of nitrogens with one attached hydrogen (secondary N) is 2. The monoisotopic (exact) mass is 840 g/mol. The van der Waals surface area contributed by atoms with Crippen molar-refractivity contribution in [1.29, 1.82) is 0 Å². The molecule has 17 nitrogen and oxygen atoms in total. The second-order valence-corrected chi connectivity index (χ2v) is 15.1. The number of quaternary nitrogens is 1. The average molecular weight is 841 g/mol. The van der Waals surface area contributed by atoms with Gasteiger partial charge in [-0.15, -0.1) is 0 Å². The van der Waals surface area contributed by atoms with Gasteiger partial charge < -0.3 is 49.0 Å². The molecule has 3 aliphatic heterocycles. The van der Waals surface area contributed by atoms with Gasteiger partial charge in [0, 0.05) is 36.4 Å². The van der Waals surface area contributed by atoms with Crippen molar-refractivity contribution >= 4 is 41.1 Å². The maximum atomic E-state index is 13.6. The molecule has 0 spiro atoms. The third-order valence-electron chi connectivity index (χ3n) is 10.8. The lowest BCUT2D eigenvalue weighted by atomic mass is 9.78. The fourth-order valence-electron chi connectivity index (χ4n) is 7.84. The molecule has 1 saturated heterocycles. The summed E-state index contributed by atoms with van der Waals surface area (Å²) < 4.78 is 23.8. The Kier molecular flexibility index (Phi) is 12.6.